The summed E-state index contributed by atoms with van der Waals surface area (Å²) in [5.74, 6) is 0.129. The molecule has 6 heteroatoms. The lowest BCUT2D eigenvalue weighted by Crippen LogP contribution is -2.38. The van der Waals surface area contributed by atoms with E-state index in [9.17, 15) is 13.2 Å². The van der Waals surface area contributed by atoms with E-state index in [1.807, 2.05) is 17.0 Å². The molecule has 0 spiro atoms. The first-order chi connectivity index (χ1) is 12.5. The number of sulfonamides is 1. The zero-order valence-electron chi connectivity index (χ0n) is 14.6. The highest BCUT2D eigenvalue weighted by molar-refractivity contribution is 7.92. The van der Waals surface area contributed by atoms with Crippen LogP contribution < -0.4 is 4.31 Å². The average Bonchev–Trinajstić information content (AvgIpc) is 2.67. The van der Waals surface area contributed by atoms with Crippen molar-refractivity contribution < 1.29 is 13.2 Å². The summed E-state index contributed by atoms with van der Waals surface area (Å²) in [5.41, 5.74) is 3.61. The van der Waals surface area contributed by atoms with Gasteiger partial charge in [0.25, 0.3) is 5.91 Å². The lowest BCUT2D eigenvalue weighted by atomic mass is 9.99. The number of fused-ring (bicyclic) bond motifs is 1. The maximum absolute atomic E-state index is 13.0. The number of nitrogens with zero attached hydrogens (tertiary/aromatic N) is 2. The van der Waals surface area contributed by atoms with Gasteiger partial charge in [-0.05, 0) is 48.6 Å². The highest BCUT2D eigenvalue weighted by Gasteiger charge is 2.27. The third kappa shape index (κ3) is 3.21. The average molecular weight is 370 g/mol. The van der Waals surface area contributed by atoms with E-state index in [2.05, 4.69) is 12.1 Å². The van der Waals surface area contributed by atoms with Crippen molar-refractivity contribution in [1.29, 1.82) is 0 Å². The van der Waals surface area contributed by atoms with Gasteiger partial charge in [-0.15, -0.1) is 0 Å². The van der Waals surface area contributed by atoms with E-state index in [1.54, 1.807) is 24.3 Å². The fraction of sp³-hybridized carbons (Fsp3) is 0.350. The second-order valence-corrected chi connectivity index (χ2v) is 8.90. The van der Waals surface area contributed by atoms with E-state index in [1.165, 1.54) is 15.4 Å². The molecule has 0 aromatic heterocycles. The summed E-state index contributed by atoms with van der Waals surface area (Å²) in [4.78, 5) is 14.8. The quantitative estimate of drug-likeness (QED) is 0.817. The van der Waals surface area contributed by atoms with Crippen LogP contribution >= 0.6 is 0 Å². The van der Waals surface area contributed by atoms with Crippen LogP contribution in [0.25, 0.3) is 0 Å². The monoisotopic (exact) mass is 370 g/mol. The molecule has 136 valence electrons. The Bertz CT molecular complexity index is 940. The fourth-order valence-corrected chi connectivity index (χ4v) is 5.36. The first kappa shape index (κ1) is 17.1. The standard InChI is InChI=1S/C20H22N2O3S/c23-20(21-12-10-16-6-1-2-7-18(16)15-21)17-8-5-9-19(14-17)22-11-3-4-13-26(22,24)25/h1-2,5-9,14H,3-4,10-13,15H2. The number of amides is 1. The Morgan fingerprint density at radius 2 is 1.73 bits per heavy atom. The number of hydrogen-bond acceptors (Lipinski definition) is 3. The van der Waals surface area contributed by atoms with Crippen LogP contribution in [-0.2, 0) is 23.0 Å². The molecule has 1 fully saturated rings. The molecule has 1 amide bonds. The molecular weight excluding hydrogens is 348 g/mol. The Morgan fingerprint density at radius 3 is 2.54 bits per heavy atom. The molecule has 0 bridgehead atoms. The summed E-state index contributed by atoms with van der Waals surface area (Å²) in [6.45, 7) is 1.76. The molecule has 0 N–H and O–H groups in total. The SMILES string of the molecule is O=C(c1cccc(N2CCCCS2(=O)=O)c1)N1CCc2ccccc2C1. The first-order valence-corrected chi connectivity index (χ1v) is 10.6. The third-order valence-corrected chi connectivity index (χ3v) is 7.02. The Morgan fingerprint density at radius 1 is 0.923 bits per heavy atom. The lowest BCUT2D eigenvalue weighted by molar-refractivity contribution is 0.0734. The van der Waals surface area contributed by atoms with E-state index in [-0.39, 0.29) is 11.7 Å². The number of anilines is 1. The molecular formula is C20H22N2O3S. The van der Waals surface area contributed by atoms with Crippen LogP contribution in [-0.4, -0.2) is 38.1 Å². The number of carbonyl (C=O) groups is 1. The molecule has 0 radical (unpaired) electrons. The van der Waals surface area contributed by atoms with Crippen molar-refractivity contribution in [3.05, 3.63) is 65.2 Å². The van der Waals surface area contributed by atoms with E-state index in [0.717, 1.165) is 12.8 Å². The van der Waals surface area contributed by atoms with Crippen LogP contribution in [0, 0.1) is 0 Å². The highest BCUT2D eigenvalue weighted by Crippen LogP contribution is 2.26. The summed E-state index contributed by atoms with van der Waals surface area (Å²) in [6, 6.07) is 15.2. The maximum atomic E-state index is 13.0. The highest BCUT2D eigenvalue weighted by atomic mass is 32.2. The molecule has 2 aliphatic rings. The van der Waals surface area contributed by atoms with Gasteiger partial charge in [-0.25, -0.2) is 8.42 Å². The van der Waals surface area contributed by atoms with Gasteiger partial charge in [0.2, 0.25) is 10.0 Å². The topological polar surface area (TPSA) is 57.7 Å². The summed E-state index contributed by atoms with van der Waals surface area (Å²) >= 11 is 0. The maximum Gasteiger partial charge on any atom is 0.254 e. The van der Waals surface area contributed by atoms with Crippen molar-refractivity contribution in [1.82, 2.24) is 4.90 Å². The molecule has 1 saturated heterocycles. The van der Waals surface area contributed by atoms with E-state index < -0.39 is 10.0 Å². The Hall–Kier alpha value is -2.34. The van der Waals surface area contributed by atoms with Crippen LogP contribution in [0.5, 0.6) is 0 Å². The van der Waals surface area contributed by atoms with Gasteiger partial charge in [0.1, 0.15) is 0 Å². The van der Waals surface area contributed by atoms with Crippen molar-refractivity contribution >= 4 is 21.6 Å². The van der Waals surface area contributed by atoms with Gasteiger partial charge < -0.3 is 4.90 Å². The normalized spacial score (nSPS) is 19.1. The third-order valence-electron chi connectivity index (χ3n) is 5.15. The van der Waals surface area contributed by atoms with Gasteiger partial charge in [-0.3, -0.25) is 9.10 Å². The predicted molar refractivity (Wildman–Crippen MR) is 102 cm³/mol. The minimum absolute atomic E-state index is 0.0456. The molecule has 2 heterocycles. The van der Waals surface area contributed by atoms with Crippen LogP contribution in [0.1, 0.15) is 34.3 Å². The Labute approximate surface area is 154 Å². The van der Waals surface area contributed by atoms with Crippen LogP contribution in [0.15, 0.2) is 48.5 Å². The van der Waals surface area contributed by atoms with Crippen molar-refractivity contribution in [3.8, 4) is 0 Å². The molecule has 2 aliphatic heterocycles. The Kier molecular flexibility index (Phi) is 4.44. The molecule has 26 heavy (non-hydrogen) atoms. The number of benzene rings is 2. The molecule has 0 aliphatic carbocycles. The lowest BCUT2D eigenvalue weighted by Gasteiger charge is -2.30. The summed E-state index contributed by atoms with van der Waals surface area (Å²) in [6.07, 6.45) is 2.40. The van der Waals surface area contributed by atoms with E-state index in [0.29, 0.717) is 37.3 Å². The smallest absolute Gasteiger partial charge is 0.254 e. The first-order valence-electron chi connectivity index (χ1n) is 9.01. The predicted octanol–water partition coefficient (Wildman–Crippen LogP) is 2.82. The van der Waals surface area contributed by atoms with Gasteiger partial charge in [0.15, 0.2) is 0 Å². The number of hydrogen-bond donors (Lipinski definition) is 0. The summed E-state index contributed by atoms with van der Waals surface area (Å²) < 4.78 is 26.1. The molecule has 5 nitrogen and oxygen atoms in total. The van der Waals surface area contributed by atoms with Crippen LogP contribution in [0.2, 0.25) is 0 Å². The van der Waals surface area contributed by atoms with Gasteiger partial charge in [-0.1, -0.05) is 30.3 Å². The van der Waals surface area contributed by atoms with Crippen molar-refractivity contribution in [2.45, 2.75) is 25.8 Å². The summed E-state index contributed by atoms with van der Waals surface area (Å²) in [7, 11) is -3.28. The van der Waals surface area contributed by atoms with Gasteiger partial charge in [0.05, 0.1) is 11.4 Å². The van der Waals surface area contributed by atoms with Gasteiger partial charge in [0, 0.05) is 25.2 Å². The van der Waals surface area contributed by atoms with Gasteiger partial charge in [-0.2, -0.15) is 0 Å². The second-order valence-electron chi connectivity index (χ2n) is 6.89. The van der Waals surface area contributed by atoms with Gasteiger partial charge >= 0.3 is 0 Å². The van der Waals surface area contributed by atoms with Crippen LogP contribution in [0.3, 0.4) is 0 Å². The zero-order chi connectivity index (χ0) is 18.1. The number of carbonyl (C=O) groups excluding carboxylic acids is 1. The van der Waals surface area contributed by atoms with E-state index in [4.69, 9.17) is 0 Å². The zero-order valence-corrected chi connectivity index (χ0v) is 15.4. The summed E-state index contributed by atoms with van der Waals surface area (Å²) in [5, 5.41) is 0. The molecule has 0 unspecified atom stereocenters. The molecule has 2 aromatic rings. The molecule has 0 atom stereocenters. The molecule has 0 saturated carbocycles. The minimum Gasteiger partial charge on any atom is -0.334 e. The largest absolute Gasteiger partial charge is 0.334 e. The second kappa shape index (κ2) is 6.76. The minimum atomic E-state index is -3.28. The van der Waals surface area contributed by atoms with E-state index >= 15 is 0 Å². The fourth-order valence-electron chi connectivity index (χ4n) is 3.72. The van der Waals surface area contributed by atoms with Crippen LogP contribution in [0.4, 0.5) is 5.69 Å². The van der Waals surface area contributed by atoms with Crippen molar-refractivity contribution in [3.63, 3.8) is 0 Å². The Balaban J connectivity index is 1.58. The van der Waals surface area contributed by atoms with Crippen molar-refractivity contribution in [2.24, 2.45) is 0 Å². The molecule has 2 aromatic carbocycles. The number of rotatable bonds is 2. The molecule has 4 rings (SSSR count). The van der Waals surface area contributed by atoms with Crippen molar-refractivity contribution in [2.75, 3.05) is 23.1 Å².